The molecule has 1 N–H and O–H groups in total. The highest BCUT2D eigenvalue weighted by Gasteiger charge is 2.26. The van der Waals surface area contributed by atoms with Crippen LogP contribution in [-0.2, 0) is 9.53 Å². The average Bonchev–Trinajstić information content (AvgIpc) is 2.98. The Morgan fingerprint density at radius 2 is 1.74 bits per heavy atom. The lowest BCUT2D eigenvalue weighted by molar-refractivity contribution is -0.120. The number of carbonyl (C=O) groups excluding carboxylic acids is 2. The summed E-state index contributed by atoms with van der Waals surface area (Å²) in [4.78, 5) is 26.0. The van der Waals surface area contributed by atoms with E-state index < -0.39 is 5.97 Å². The zero-order valence-electron chi connectivity index (χ0n) is 16.5. The lowest BCUT2D eigenvalue weighted by atomic mass is 10.0. The second-order valence-corrected chi connectivity index (χ2v) is 7.41. The highest BCUT2D eigenvalue weighted by atomic mass is 32.1. The number of esters is 1. The van der Waals surface area contributed by atoms with Crippen molar-refractivity contribution in [2.75, 3.05) is 19.0 Å². The van der Waals surface area contributed by atoms with Crippen molar-refractivity contribution in [1.82, 2.24) is 0 Å². The molecule has 1 aromatic heterocycles. The van der Waals surface area contributed by atoms with Gasteiger partial charge in [0.25, 0.3) is 0 Å². The molecule has 146 valence electrons. The van der Waals surface area contributed by atoms with Gasteiger partial charge in [-0.1, -0.05) is 26.0 Å². The highest BCUT2D eigenvalue weighted by molar-refractivity contribution is 7.17. The molecule has 0 atom stereocenters. The van der Waals surface area contributed by atoms with Gasteiger partial charge in [-0.2, -0.15) is 0 Å². The quantitative estimate of drug-likeness (QED) is 0.624. The molecule has 0 saturated heterocycles. The van der Waals surface area contributed by atoms with Crippen LogP contribution in [0.2, 0.25) is 0 Å². The van der Waals surface area contributed by atoms with Gasteiger partial charge in [-0.15, -0.1) is 11.3 Å². The van der Waals surface area contributed by atoms with Crippen molar-refractivity contribution in [3.05, 3.63) is 34.7 Å². The lowest BCUT2D eigenvalue weighted by Crippen LogP contribution is -2.22. The van der Waals surface area contributed by atoms with Crippen LogP contribution in [0.4, 0.5) is 5.00 Å². The average molecular weight is 390 g/mol. The molecule has 0 bridgehead atoms. The topological polar surface area (TPSA) is 64.6 Å². The Labute approximate surface area is 164 Å². The van der Waals surface area contributed by atoms with Gasteiger partial charge in [-0.3, -0.25) is 4.79 Å². The van der Waals surface area contributed by atoms with Crippen LogP contribution in [0.15, 0.2) is 24.3 Å². The van der Waals surface area contributed by atoms with Crippen LogP contribution in [-0.4, -0.2) is 25.6 Å². The maximum atomic E-state index is 12.5. The fourth-order valence-electron chi connectivity index (χ4n) is 3.04. The van der Waals surface area contributed by atoms with Crippen LogP contribution in [0.3, 0.4) is 0 Å². The molecule has 0 unspecified atom stereocenters. The first-order valence-corrected chi connectivity index (χ1v) is 10.0. The summed E-state index contributed by atoms with van der Waals surface area (Å²) < 4.78 is 10.5. The minimum absolute atomic E-state index is 0.0651. The Balaban J connectivity index is 2.47. The minimum Gasteiger partial charge on any atom is -0.494 e. The molecule has 0 fully saturated rings. The molecule has 0 spiro atoms. The van der Waals surface area contributed by atoms with E-state index >= 15 is 0 Å². The summed E-state index contributed by atoms with van der Waals surface area (Å²) in [6, 6.07) is 7.58. The number of amides is 1. The molecule has 2 aromatic rings. The van der Waals surface area contributed by atoms with Crippen molar-refractivity contribution >= 4 is 28.2 Å². The summed E-state index contributed by atoms with van der Waals surface area (Å²) in [5.74, 6) is 0.176. The summed E-state index contributed by atoms with van der Waals surface area (Å²) in [5.41, 5.74) is 2.08. The number of anilines is 1. The zero-order valence-corrected chi connectivity index (χ0v) is 17.4. The molecule has 0 aliphatic rings. The second kappa shape index (κ2) is 9.55. The van der Waals surface area contributed by atoms with Gasteiger partial charge in [-0.05, 0) is 44.4 Å². The van der Waals surface area contributed by atoms with Crippen LogP contribution in [0.1, 0.15) is 48.8 Å². The number of benzene rings is 1. The largest absolute Gasteiger partial charge is 0.494 e. The molecule has 0 radical (unpaired) electrons. The molecule has 6 heteroatoms. The van der Waals surface area contributed by atoms with Gasteiger partial charge >= 0.3 is 5.97 Å². The van der Waals surface area contributed by atoms with Gasteiger partial charge in [0.15, 0.2) is 0 Å². The van der Waals surface area contributed by atoms with E-state index in [1.807, 2.05) is 52.0 Å². The SMILES string of the molecule is CCOc1ccc(-c2c(C)sc(NC(=O)C(CC)CC)c2C(=O)OC)cc1. The summed E-state index contributed by atoms with van der Waals surface area (Å²) in [6.45, 7) is 8.44. The molecule has 2 rings (SSSR count). The van der Waals surface area contributed by atoms with Crippen molar-refractivity contribution in [2.45, 2.75) is 40.5 Å². The van der Waals surface area contributed by atoms with Crippen LogP contribution in [0.25, 0.3) is 11.1 Å². The van der Waals surface area contributed by atoms with E-state index in [4.69, 9.17) is 9.47 Å². The lowest BCUT2D eigenvalue weighted by Gasteiger charge is -2.13. The van der Waals surface area contributed by atoms with Crippen molar-refractivity contribution in [2.24, 2.45) is 5.92 Å². The maximum absolute atomic E-state index is 12.5. The number of thiophene rings is 1. The predicted octanol–water partition coefficient (Wildman–Crippen LogP) is 5.28. The molecule has 0 aliphatic carbocycles. The third kappa shape index (κ3) is 4.69. The minimum atomic E-state index is -0.455. The molecule has 1 heterocycles. The van der Waals surface area contributed by atoms with Crippen LogP contribution in [0.5, 0.6) is 5.75 Å². The molecule has 0 aliphatic heterocycles. The normalized spacial score (nSPS) is 10.7. The van der Waals surface area contributed by atoms with E-state index in [0.717, 1.165) is 34.6 Å². The number of hydrogen-bond donors (Lipinski definition) is 1. The van der Waals surface area contributed by atoms with Crippen LogP contribution >= 0.6 is 11.3 Å². The van der Waals surface area contributed by atoms with E-state index in [-0.39, 0.29) is 11.8 Å². The number of aryl methyl sites for hydroxylation is 1. The molecular formula is C21H27NO4S. The van der Waals surface area contributed by atoms with E-state index in [1.165, 1.54) is 18.4 Å². The first-order chi connectivity index (χ1) is 13.0. The summed E-state index contributed by atoms with van der Waals surface area (Å²) in [6.07, 6.45) is 1.51. The van der Waals surface area contributed by atoms with Gasteiger partial charge < -0.3 is 14.8 Å². The van der Waals surface area contributed by atoms with E-state index in [1.54, 1.807) is 0 Å². The summed E-state index contributed by atoms with van der Waals surface area (Å²) in [7, 11) is 1.35. The number of methoxy groups -OCH3 is 1. The molecular weight excluding hydrogens is 362 g/mol. The number of carbonyl (C=O) groups is 2. The van der Waals surface area contributed by atoms with Crippen molar-refractivity contribution in [1.29, 1.82) is 0 Å². The first kappa shape index (κ1) is 21.0. The molecule has 5 nitrogen and oxygen atoms in total. The smallest absolute Gasteiger partial charge is 0.341 e. The number of hydrogen-bond acceptors (Lipinski definition) is 5. The van der Waals surface area contributed by atoms with Gasteiger partial charge in [0, 0.05) is 16.4 Å². The van der Waals surface area contributed by atoms with Crippen molar-refractivity contribution in [3.63, 3.8) is 0 Å². The van der Waals surface area contributed by atoms with Crippen LogP contribution < -0.4 is 10.1 Å². The summed E-state index contributed by atoms with van der Waals surface area (Å²) in [5, 5.41) is 3.49. The maximum Gasteiger partial charge on any atom is 0.341 e. The molecule has 1 amide bonds. The fraction of sp³-hybridized carbons (Fsp3) is 0.429. The van der Waals surface area contributed by atoms with E-state index in [9.17, 15) is 9.59 Å². The highest BCUT2D eigenvalue weighted by Crippen LogP contribution is 2.41. The third-order valence-corrected chi connectivity index (χ3v) is 5.54. The fourth-order valence-corrected chi connectivity index (χ4v) is 4.10. The van der Waals surface area contributed by atoms with Crippen molar-refractivity contribution in [3.8, 4) is 16.9 Å². The Morgan fingerprint density at radius 3 is 2.26 bits per heavy atom. The monoisotopic (exact) mass is 389 g/mol. The van der Waals surface area contributed by atoms with Gasteiger partial charge in [0.05, 0.1) is 13.7 Å². The van der Waals surface area contributed by atoms with Gasteiger partial charge in [0.2, 0.25) is 5.91 Å². The van der Waals surface area contributed by atoms with E-state index in [2.05, 4.69) is 5.32 Å². The van der Waals surface area contributed by atoms with Crippen molar-refractivity contribution < 1.29 is 19.1 Å². The molecule has 1 aromatic carbocycles. The standard InChI is InChI=1S/C21H27NO4S/c1-6-14(7-2)19(23)22-20-18(21(24)25-5)17(13(4)27-20)15-9-11-16(12-10-15)26-8-3/h9-12,14H,6-8H2,1-5H3,(H,22,23). The first-order valence-electron chi connectivity index (χ1n) is 9.22. The van der Waals surface area contributed by atoms with Crippen LogP contribution in [0, 0.1) is 12.8 Å². The number of ether oxygens (including phenoxy) is 2. The predicted molar refractivity (Wildman–Crippen MR) is 110 cm³/mol. The number of rotatable bonds is 8. The molecule has 0 saturated carbocycles. The molecule has 27 heavy (non-hydrogen) atoms. The third-order valence-electron chi connectivity index (χ3n) is 4.52. The van der Waals surface area contributed by atoms with Gasteiger partial charge in [-0.25, -0.2) is 4.79 Å². The number of nitrogens with one attached hydrogen (secondary N) is 1. The Bertz CT molecular complexity index is 791. The second-order valence-electron chi connectivity index (χ2n) is 6.19. The zero-order chi connectivity index (χ0) is 20.0. The Kier molecular flexibility index (Phi) is 7.42. The summed E-state index contributed by atoms with van der Waals surface area (Å²) >= 11 is 1.40. The Morgan fingerprint density at radius 1 is 1.11 bits per heavy atom. The Hall–Kier alpha value is -2.34. The van der Waals surface area contributed by atoms with Gasteiger partial charge in [0.1, 0.15) is 16.3 Å². The van der Waals surface area contributed by atoms with E-state index in [0.29, 0.717) is 17.2 Å².